The van der Waals surface area contributed by atoms with Crippen molar-refractivity contribution in [3.05, 3.63) is 108 Å². The molecule has 150 valence electrons. The highest BCUT2D eigenvalue weighted by atomic mass is 35.5. The maximum atomic E-state index is 6.40. The Labute approximate surface area is 185 Å². The number of hydrogen-bond donors (Lipinski definition) is 1. The molecular formula is C26H19ClN4. The van der Waals surface area contributed by atoms with Crippen molar-refractivity contribution in [1.29, 1.82) is 0 Å². The second-order valence-corrected chi connectivity index (χ2v) is 7.59. The first-order valence-electron chi connectivity index (χ1n) is 10.0. The summed E-state index contributed by atoms with van der Waals surface area (Å²) < 4.78 is 0. The van der Waals surface area contributed by atoms with Gasteiger partial charge in [-0.1, -0.05) is 66.2 Å². The van der Waals surface area contributed by atoms with Gasteiger partial charge in [-0.25, -0.2) is 9.97 Å². The fourth-order valence-corrected chi connectivity index (χ4v) is 3.73. The fraction of sp³-hybridized carbons (Fsp3) is 0.0385. The molecule has 5 rings (SSSR count). The summed E-state index contributed by atoms with van der Waals surface area (Å²) in [7, 11) is 0. The van der Waals surface area contributed by atoms with E-state index in [1.807, 2.05) is 60.8 Å². The average Bonchev–Trinajstić information content (AvgIpc) is 2.83. The third-order valence-corrected chi connectivity index (χ3v) is 5.46. The Morgan fingerprint density at radius 3 is 2.35 bits per heavy atom. The smallest absolute Gasteiger partial charge is 0.163 e. The standard InChI is InChI=1S/C26H19ClN4/c27-23-9-3-1-7-21(23)26-30-24-10-4-2-8-22(24)25(31-26)29-16-18-11-13-19(14-12-18)20-6-5-15-28-17-20/h1-15,17H,16H2,(H,29,30,31). The van der Waals surface area contributed by atoms with Gasteiger partial charge in [0.25, 0.3) is 0 Å². The van der Waals surface area contributed by atoms with Gasteiger partial charge in [0.2, 0.25) is 0 Å². The van der Waals surface area contributed by atoms with Crippen LogP contribution in [0.5, 0.6) is 0 Å². The molecule has 0 fully saturated rings. The van der Waals surface area contributed by atoms with Gasteiger partial charge >= 0.3 is 0 Å². The molecule has 0 unspecified atom stereocenters. The van der Waals surface area contributed by atoms with Gasteiger partial charge in [-0.05, 0) is 47.0 Å². The molecule has 0 aliphatic carbocycles. The van der Waals surface area contributed by atoms with Crippen LogP contribution in [0.4, 0.5) is 5.82 Å². The number of nitrogens with zero attached hydrogens (tertiary/aromatic N) is 3. The Morgan fingerprint density at radius 1 is 0.742 bits per heavy atom. The molecule has 3 aromatic carbocycles. The highest BCUT2D eigenvalue weighted by Gasteiger charge is 2.11. The summed E-state index contributed by atoms with van der Waals surface area (Å²) >= 11 is 6.40. The number of anilines is 1. The predicted molar refractivity (Wildman–Crippen MR) is 127 cm³/mol. The molecule has 0 radical (unpaired) electrons. The van der Waals surface area contributed by atoms with E-state index in [0.717, 1.165) is 39.0 Å². The number of rotatable bonds is 5. The lowest BCUT2D eigenvalue weighted by molar-refractivity contribution is 1.11. The van der Waals surface area contributed by atoms with Crippen LogP contribution in [0.2, 0.25) is 5.02 Å². The molecule has 5 heteroatoms. The Balaban J connectivity index is 1.44. The van der Waals surface area contributed by atoms with E-state index in [9.17, 15) is 0 Å². The quantitative estimate of drug-likeness (QED) is 0.345. The number of aromatic nitrogens is 3. The maximum absolute atomic E-state index is 6.40. The SMILES string of the molecule is Clc1ccccc1-c1nc(NCc2ccc(-c3cccnc3)cc2)c2ccccc2n1. The van der Waals surface area contributed by atoms with Gasteiger partial charge in [0.15, 0.2) is 5.82 Å². The molecular weight excluding hydrogens is 404 g/mol. The molecule has 0 aliphatic heterocycles. The predicted octanol–water partition coefficient (Wildman–Crippen LogP) is 6.62. The van der Waals surface area contributed by atoms with Crippen molar-refractivity contribution in [2.75, 3.05) is 5.32 Å². The zero-order valence-corrected chi connectivity index (χ0v) is 17.4. The van der Waals surface area contributed by atoms with E-state index in [0.29, 0.717) is 17.4 Å². The molecule has 2 heterocycles. The third kappa shape index (κ3) is 4.11. The molecule has 0 bridgehead atoms. The van der Waals surface area contributed by atoms with Gasteiger partial charge in [0.1, 0.15) is 5.82 Å². The monoisotopic (exact) mass is 422 g/mol. The minimum absolute atomic E-state index is 0.610. The Kier molecular flexibility index (Phi) is 5.29. The van der Waals surface area contributed by atoms with Gasteiger partial charge in [0.05, 0.1) is 10.5 Å². The van der Waals surface area contributed by atoms with Gasteiger partial charge in [-0.2, -0.15) is 0 Å². The molecule has 0 saturated carbocycles. The highest BCUT2D eigenvalue weighted by molar-refractivity contribution is 6.33. The topological polar surface area (TPSA) is 50.7 Å². The van der Waals surface area contributed by atoms with Crippen LogP contribution in [0.3, 0.4) is 0 Å². The molecule has 31 heavy (non-hydrogen) atoms. The Bertz CT molecular complexity index is 1340. The van der Waals surface area contributed by atoms with E-state index < -0.39 is 0 Å². The molecule has 2 aromatic heterocycles. The summed E-state index contributed by atoms with van der Waals surface area (Å²) in [6.07, 6.45) is 3.65. The van der Waals surface area contributed by atoms with Crippen LogP contribution in [0.1, 0.15) is 5.56 Å². The number of hydrogen-bond acceptors (Lipinski definition) is 4. The number of halogens is 1. The van der Waals surface area contributed by atoms with Crippen molar-refractivity contribution in [2.45, 2.75) is 6.54 Å². The Hall–Kier alpha value is -3.76. The van der Waals surface area contributed by atoms with Crippen molar-refractivity contribution in [3.8, 4) is 22.5 Å². The molecule has 5 aromatic rings. The van der Waals surface area contributed by atoms with Crippen LogP contribution >= 0.6 is 11.6 Å². The number of nitrogens with one attached hydrogen (secondary N) is 1. The lowest BCUT2D eigenvalue weighted by atomic mass is 10.1. The van der Waals surface area contributed by atoms with Crippen molar-refractivity contribution in [1.82, 2.24) is 15.0 Å². The molecule has 4 nitrogen and oxygen atoms in total. The molecule has 1 N–H and O–H groups in total. The van der Waals surface area contributed by atoms with Gasteiger partial charge in [-0.3, -0.25) is 4.98 Å². The number of benzene rings is 3. The second kappa shape index (κ2) is 8.54. The summed E-state index contributed by atoms with van der Waals surface area (Å²) in [6, 6.07) is 28.1. The first-order chi connectivity index (χ1) is 15.3. The van der Waals surface area contributed by atoms with Crippen LogP contribution in [0, 0.1) is 0 Å². The number of fused-ring (bicyclic) bond motifs is 1. The Morgan fingerprint density at radius 2 is 1.55 bits per heavy atom. The summed E-state index contributed by atoms with van der Waals surface area (Å²) in [5.41, 5.74) is 5.11. The lowest BCUT2D eigenvalue weighted by Gasteiger charge is -2.12. The first kappa shape index (κ1) is 19.2. The van der Waals surface area contributed by atoms with Gasteiger partial charge in [0, 0.05) is 29.9 Å². The van der Waals surface area contributed by atoms with Crippen LogP contribution in [-0.4, -0.2) is 15.0 Å². The van der Waals surface area contributed by atoms with Crippen molar-refractivity contribution >= 4 is 28.3 Å². The average molecular weight is 423 g/mol. The van der Waals surface area contributed by atoms with E-state index in [2.05, 4.69) is 40.6 Å². The van der Waals surface area contributed by atoms with E-state index in [1.54, 1.807) is 6.20 Å². The lowest BCUT2D eigenvalue weighted by Crippen LogP contribution is -2.04. The molecule has 0 spiro atoms. The van der Waals surface area contributed by atoms with E-state index in [-0.39, 0.29) is 0 Å². The fourth-order valence-electron chi connectivity index (χ4n) is 3.51. The zero-order chi connectivity index (χ0) is 21.0. The van der Waals surface area contributed by atoms with Crippen molar-refractivity contribution < 1.29 is 0 Å². The zero-order valence-electron chi connectivity index (χ0n) is 16.7. The largest absolute Gasteiger partial charge is 0.365 e. The molecule has 0 aliphatic rings. The number of pyridine rings is 1. The molecule has 0 amide bonds. The van der Waals surface area contributed by atoms with E-state index >= 15 is 0 Å². The normalized spacial score (nSPS) is 10.9. The minimum Gasteiger partial charge on any atom is -0.365 e. The van der Waals surface area contributed by atoms with Crippen molar-refractivity contribution in [2.24, 2.45) is 0 Å². The van der Waals surface area contributed by atoms with Crippen LogP contribution in [-0.2, 0) is 6.54 Å². The number of para-hydroxylation sites is 1. The first-order valence-corrected chi connectivity index (χ1v) is 10.4. The second-order valence-electron chi connectivity index (χ2n) is 7.18. The van der Waals surface area contributed by atoms with Crippen LogP contribution in [0.25, 0.3) is 33.4 Å². The van der Waals surface area contributed by atoms with E-state index in [4.69, 9.17) is 21.6 Å². The van der Waals surface area contributed by atoms with Crippen LogP contribution < -0.4 is 5.32 Å². The van der Waals surface area contributed by atoms with Crippen LogP contribution in [0.15, 0.2) is 97.3 Å². The molecule has 0 atom stereocenters. The third-order valence-electron chi connectivity index (χ3n) is 5.13. The maximum Gasteiger partial charge on any atom is 0.163 e. The summed E-state index contributed by atoms with van der Waals surface area (Å²) in [6.45, 7) is 0.649. The van der Waals surface area contributed by atoms with Crippen molar-refractivity contribution in [3.63, 3.8) is 0 Å². The van der Waals surface area contributed by atoms with Gasteiger partial charge in [-0.15, -0.1) is 0 Å². The summed E-state index contributed by atoms with van der Waals surface area (Å²) in [5.74, 6) is 1.40. The minimum atomic E-state index is 0.610. The highest BCUT2D eigenvalue weighted by Crippen LogP contribution is 2.29. The van der Waals surface area contributed by atoms with E-state index in [1.165, 1.54) is 0 Å². The summed E-state index contributed by atoms with van der Waals surface area (Å²) in [4.78, 5) is 13.7. The molecule has 0 saturated heterocycles. The summed E-state index contributed by atoms with van der Waals surface area (Å²) in [5, 5.41) is 5.10. The van der Waals surface area contributed by atoms with Gasteiger partial charge < -0.3 is 5.32 Å².